The van der Waals surface area contributed by atoms with Gasteiger partial charge in [-0.1, -0.05) is 24.3 Å². The molecule has 2 aromatic carbocycles. The van der Waals surface area contributed by atoms with E-state index in [1.165, 1.54) is 23.9 Å². The number of benzene rings is 2. The van der Waals surface area contributed by atoms with E-state index in [9.17, 15) is 9.50 Å². The average molecular weight is 299 g/mol. The van der Waals surface area contributed by atoms with E-state index in [2.05, 4.69) is 4.98 Å². The highest BCUT2D eigenvalue weighted by molar-refractivity contribution is 7.99. The van der Waals surface area contributed by atoms with Gasteiger partial charge in [0.2, 0.25) is 0 Å². The van der Waals surface area contributed by atoms with Crippen LogP contribution in [-0.4, -0.2) is 15.8 Å². The summed E-state index contributed by atoms with van der Waals surface area (Å²) in [5.41, 5.74) is 0.822. The summed E-state index contributed by atoms with van der Waals surface area (Å²) in [6.07, 6.45) is 2.88. The second kappa shape index (κ2) is 6.24. The number of halogens is 1. The Morgan fingerprint density at radius 3 is 2.62 bits per heavy atom. The molecule has 0 amide bonds. The lowest BCUT2D eigenvalue weighted by Gasteiger charge is -2.13. The smallest absolute Gasteiger partial charge is 0.123 e. The Labute approximate surface area is 126 Å². The Morgan fingerprint density at radius 2 is 1.81 bits per heavy atom. The van der Waals surface area contributed by atoms with Crippen molar-refractivity contribution in [2.24, 2.45) is 0 Å². The first-order valence-electron chi connectivity index (χ1n) is 6.63. The Balaban J connectivity index is 1.78. The molecule has 0 fully saturated rings. The molecule has 1 unspecified atom stereocenters. The van der Waals surface area contributed by atoms with E-state index in [1.807, 2.05) is 24.3 Å². The van der Waals surface area contributed by atoms with Crippen LogP contribution in [0.25, 0.3) is 10.8 Å². The quantitative estimate of drug-likeness (QED) is 0.733. The summed E-state index contributed by atoms with van der Waals surface area (Å²) >= 11 is 1.50. The molecule has 0 aliphatic carbocycles. The predicted octanol–water partition coefficient (Wildman–Crippen LogP) is 4.20. The van der Waals surface area contributed by atoms with Crippen molar-refractivity contribution in [2.45, 2.75) is 11.0 Å². The van der Waals surface area contributed by atoms with E-state index in [1.54, 1.807) is 24.5 Å². The molecular formula is C17H14FNOS. The van der Waals surface area contributed by atoms with Crippen molar-refractivity contribution in [2.75, 3.05) is 5.75 Å². The predicted molar refractivity (Wildman–Crippen MR) is 83.8 cm³/mol. The number of rotatable bonds is 4. The van der Waals surface area contributed by atoms with Gasteiger partial charge in [0.25, 0.3) is 0 Å². The second-order valence-electron chi connectivity index (χ2n) is 4.73. The SMILES string of the molecule is OC(CSc1ccc(F)cc1)c1cncc2ccccc12. The summed E-state index contributed by atoms with van der Waals surface area (Å²) in [4.78, 5) is 5.12. The number of aliphatic hydroxyl groups is 1. The van der Waals surface area contributed by atoms with E-state index in [-0.39, 0.29) is 5.82 Å². The van der Waals surface area contributed by atoms with Crippen molar-refractivity contribution in [3.63, 3.8) is 0 Å². The van der Waals surface area contributed by atoms with Crippen molar-refractivity contribution in [3.05, 3.63) is 72.3 Å². The zero-order valence-electron chi connectivity index (χ0n) is 11.2. The summed E-state index contributed by atoms with van der Waals surface area (Å²) in [6.45, 7) is 0. The van der Waals surface area contributed by atoms with Crippen molar-refractivity contribution in [1.82, 2.24) is 4.98 Å². The largest absolute Gasteiger partial charge is 0.387 e. The molecule has 1 heterocycles. The number of thioether (sulfide) groups is 1. The molecule has 0 saturated heterocycles. The maximum absolute atomic E-state index is 12.9. The third-order valence-corrected chi connectivity index (χ3v) is 4.37. The first-order valence-corrected chi connectivity index (χ1v) is 7.61. The zero-order chi connectivity index (χ0) is 14.7. The topological polar surface area (TPSA) is 33.1 Å². The highest BCUT2D eigenvalue weighted by atomic mass is 32.2. The minimum Gasteiger partial charge on any atom is -0.387 e. The number of aliphatic hydroxyl groups excluding tert-OH is 1. The molecule has 0 bridgehead atoms. The Bertz CT molecular complexity index is 740. The van der Waals surface area contributed by atoms with Gasteiger partial charge in [0, 0.05) is 34.0 Å². The standard InChI is InChI=1S/C17H14FNOS/c18-13-5-7-14(8-6-13)21-11-17(20)16-10-19-9-12-3-1-2-4-15(12)16/h1-10,17,20H,11H2. The summed E-state index contributed by atoms with van der Waals surface area (Å²) < 4.78 is 12.9. The molecular weight excluding hydrogens is 285 g/mol. The molecule has 21 heavy (non-hydrogen) atoms. The molecule has 0 radical (unpaired) electrons. The van der Waals surface area contributed by atoms with E-state index in [4.69, 9.17) is 0 Å². The van der Waals surface area contributed by atoms with Gasteiger partial charge < -0.3 is 5.11 Å². The Kier molecular flexibility index (Phi) is 4.18. The molecule has 0 aliphatic rings. The van der Waals surface area contributed by atoms with Gasteiger partial charge in [-0.2, -0.15) is 0 Å². The van der Waals surface area contributed by atoms with Gasteiger partial charge in [-0.15, -0.1) is 11.8 Å². The first-order chi connectivity index (χ1) is 10.2. The fraction of sp³-hybridized carbons (Fsp3) is 0.118. The Hall–Kier alpha value is -1.91. The zero-order valence-corrected chi connectivity index (χ0v) is 12.1. The summed E-state index contributed by atoms with van der Waals surface area (Å²) in [5.74, 6) is 0.250. The number of aromatic nitrogens is 1. The molecule has 1 N–H and O–H groups in total. The van der Waals surface area contributed by atoms with Crippen LogP contribution in [0.3, 0.4) is 0 Å². The van der Waals surface area contributed by atoms with Crippen LogP contribution < -0.4 is 0 Å². The molecule has 4 heteroatoms. The number of fused-ring (bicyclic) bond motifs is 1. The molecule has 2 nitrogen and oxygen atoms in total. The lowest BCUT2D eigenvalue weighted by molar-refractivity contribution is 0.205. The third-order valence-electron chi connectivity index (χ3n) is 3.28. The lowest BCUT2D eigenvalue weighted by Crippen LogP contribution is -2.02. The van der Waals surface area contributed by atoms with Gasteiger partial charge in [-0.25, -0.2) is 4.39 Å². The van der Waals surface area contributed by atoms with Crippen LogP contribution >= 0.6 is 11.8 Å². The Morgan fingerprint density at radius 1 is 1.05 bits per heavy atom. The molecule has 0 aliphatic heterocycles. The minimum absolute atomic E-state index is 0.252. The van der Waals surface area contributed by atoms with Crippen molar-refractivity contribution in [1.29, 1.82) is 0 Å². The van der Waals surface area contributed by atoms with Crippen molar-refractivity contribution < 1.29 is 9.50 Å². The normalized spacial score (nSPS) is 12.5. The van der Waals surface area contributed by atoms with Crippen LogP contribution in [0, 0.1) is 5.82 Å². The maximum Gasteiger partial charge on any atom is 0.123 e. The minimum atomic E-state index is -0.612. The van der Waals surface area contributed by atoms with Crippen LogP contribution in [0.2, 0.25) is 0 Å². The van der Waals surface area contributed by atoms with Crippen LogP contribution in [0.1, 0.15) is 11.7 Å². The number of pyridine rings is 1. The van der Waals surface area contributed by atoms with Gasteiger partial charge in [0.1, 0.15) is 5.82 Å². The molecule has 0 spiro atoms. The van der Waals surface area contributed by atoms with Crippen LogP contribution in [0.4, 0.5) is 4.39 Å². The number of hydrogen-bond acceptors (Lipinski definition) is 3. The molecule has 0 saturated carbocycles. The van der Waals surface area contributed by atoms with Gasteiger partial charge in [-0.3, -0.25) is 4.98 Å². The lowest BCUT2D eigenvalue weighted by atomic mass is 10.0. The van der Waals surface area contributed by atoms with Crippen LogP contribution in [0.15, 0.2) is 65.8 Å². The fourth-order valence-electron chi connectivity index (χ4n) is 2.20. The van der Waals surface area contributed by atoms with Crippen LogP contribution in [0.5, 0.6) is 0 Å². The number of hydrogen-bond donors (Lipinski definition) is 1. The summed E-state index contributed by atoms with van der Waals surface area (Å²) in [5, 5.41) is 12.4. The summed E-state index contributed by atoms with van der Waals surface area (Å²) in [6, 6.07) is 14.1. The van der Waals surface area contributed by atoms with Gasteiger partial charge >= 0.3 is 0 Å². The van der Waals surface area contributed by atoms with Crippen molar-refractivity contribution in [3.8, 4) is 0 Å². The number of nitrogens with zero attached hydrogens (tertiary/aromatic N) is 1. The molecule has 1 atom stereocenters. The van der Waals surface area contributed by atoms with E-state index in [0.717, 1.165) is 21.2 Å². The third kappa shape index (κ3) is 3.23. The molecule has 1 aromatic heterocycles. The van der Waals surface area contributed by atoms with Gasteiger partial charge in [-0.05, 0) is 29.7 Å². The summed E-state index contributed by atoms with van der Waals surface area (Å²) in [7, 11) is 0. The van der Waals surface area contributed by atoms with Gasteiger partial charge in [0.15, 0.2) is 0 Å². The first kappa shape index (κ1) is 14.0. The average Bonchev–Trinajstić information content (AvgIpc) is 2.53. The van der Waals surface area contributed by atoms with Gasteiger partial charge in [0.05, 0.1) is 6.10 Å². The molecule has 106 valence electrons. The molecule has 3 rings (SSSR count). The fourth-order valence-corrected chi connectivity index (χ4v) is 3.06. The highest BCUT2D eigenvalue weighted by Gasteiger charge is 2.12. The van der Waals surface area contributed by atoms with Crippen molar-refractivity contribution >= 4 is 22.5 Å². The monoisotopic (exact) mass is 299 g/mol. The highest BCUT2D eigenvalue weighted by Crippen LogP contribution is 2.28. The van der Waals surface area contributed by atoms with E-state index >= 15 is 0 Å². The van der Waals surface area contributed by atoms with Crippen LogP contribution in [-0.2, 0) is 0 Å². The molecule has 3 aromatic rings. The second-order valence-corrected chi connectivity index (χ2v) is 5.82. The maximum atomic E-state index is 12.9. The van der Waals surface area contributed by atoms with E-state index in [0.29, 0.717) is 5.75 Å². The van der Waals surface area contributed by atoms with E-state index < -0.39 is 6.10 Å².